The highest BCUT2D eigenvalue weighted by molar-refractivity contribution is 7.58. The van der Waals surface area contributed by atoms with Gasteiger partial charge >= 0.3 is 0 Å². The first-order valence-electron chi connectivity index (χ1n) is 9.28. The van der Waals surface area contributed by atoms with Gasteiger partial charge < -0.3 is 0 Å². The first-order valence-corrected chi connectivity index (χ1v) is 11.8. The van der Waals surface area contributed by atoms with Gasteiger partial charge in [0.1, 0.15) is 0 Å². The van der Waals surface area contributed by atoms with E-state index in [2.05, 4.69) is 67.9 Å². The lowest BCUT2D eigenvalue weighted by Gasteiger charge is -2.24. The molecule has 3 rings (SSSR count). The fraction of sp³-hybridized carbons (Fsp3) is 0.455. The van der Waals surface area contributed by atoms with Gasteiger partial charge in [-0.25, -0.2) is 0 Å². The minimum Gasteiger partial charge on any atom is -0.299 e. The van der Waals surface area contributed by atoms with Gasteiger partial charge in [-0.05, 0) is 61.1 Å². The minimum absolute atomic E-state index is 0.545. The molecule has 3 heteroatoms. The third kappa shape index (κ3) is 7.48. The van der Waals surface area contributed by atoms with E-state index >= 15 is 0 Å². The molecule has 0 radical (unpaired) electrons. The highest BCUT2D eigenvalue weighted by atomic mass is 35.5. The van der Waals surface area contributed by atoms with Crippen molar-refractivity contribution in [1.82, 2.24) is 4.90 Å². The van der Waals surface area contributed by atoms with Gasteiger partial charge in [0.05, 0.1) is 0 Å². The highest BCUT2D eigenvalue weighted by Gasteiger charge is 2.11. The average molecular weight is 376 g/mol. The quantitative estimate of drug-likeness (QED) is 0.523. The van der Waals surface area contributed by atoms with Crippen LogP contribution >= 0.6 is 19.5 Å². The second-order valence-electron chi connectivity index (χ2n) is 6.92. The molecule has 25 heavy (non-hydrogen) atoms. The van der Waals surface area contributed by atoms with Crippen LogP contribution in [0.3, 0.4) is 0 Å². The Bertz CT molecular complexity index is 595. The van der Waals surface area contributed by atoms with Gasteiger partial charge in [-0.2, -0.15) is 0 Å². The first kappa shape index (κ1) is 20.4. The van der Waals surface area contributed by atoms with Crippen molar-refractivity contribution < 1.29 is 0 Å². The molecule has 0 spiro atoms. The van der Waals surface area contributed by atoms with E-state index in [9.17, 15) is 0 Å². The van der Waals surface area contributed by atoms with E-state index < -0.39 is 0 Å². The Labute approximate surface area is 160 Å². The van der Waals surface area contributed by atoms with Gasteiger partial charge in [0.25, 0.3) is 0 Å². The fourth-order valence-corrected chi connectivity index (χ4v) is 3.98. The van der Waals surface area contributed by atoms with Crippen LogP contribution < -0.4 is 0 Å². The van der Waals surface area contributed by atoms with Gasteiger partial charge in [-0.15, -0.1) is 7.92 Å². The van der Waals surface area contributed by atoms with E-state index in [0.717, 1.165) is 24.7 Å². The van der Waals surface area contributed by atoms with E-state index in [0.29, 0.717) is 13.8 Å². The summed E-state index contributed by atoms with van der Waals surface area (Å²) in [6.07, 6.45) is 4.62. The number of nitrogens with zero attached hydrogens (tertiary/aromatic N) is 1. The summed E-state index contributed by atoms with van der Waals surface area (Å²) >= 11 is 5.93. The molecule has 1 nitrogen and oxygen atoms in total. The topological polar surface area (TPSA) is 3.24 Å². The molecule has 1 saturated heterocycles. The summed E-state index contributed by atoms with van der Waals surface area (Å²) in [4.78, 5) is 2.47. The monoisotopic (exact) mass is 375 g/mol. The fourth-order valence-electron chi connectivity index (χ4n) is 2.90. The molecule has 0 aromatic heterocycles. The largest absolute Gasteiger partial charge is 0.299 e. The summed E-state index contributed by atoms with van der Waals surface area (Å²) in [5.74, 6) is 0.545. The Morgan fingerprint density at radius 3 is 2.12 bits per heavy atom. The number of hydrogen-bond donors (Lipinski definition) is 0. The lowest BCUT2D eigenvalue weighted by molar-refractivity contribution is 0.266. The first-order chi connectivity index (χ1) is 12.1. The predicted molar refractivity (Wildman–Crippen MR) is 114 cm³/mol. The van der Waals surface area contributed by atoms with Gasteiger partial charge in [0, 0.05) is 18.1 Å². The Kier molecular flexibility index (Phi) is 8.96. The van der Waals surface area contributed by atoms with Gasteiger partial charge in [-0.1, -0.05) is 67.9 Å². The minimum atomic E-state index is 0.545. The van der Waals surface area contributed by atoms with Gasteiger partial charge in [0.2, 0.25) is 0 Å². The molecule has 1 fully saturated rings. The molecule has 136 valence electrons. The van der Waals surface area contributed by atoms with Crippen molar-refractivity contribution in [3.63, 3.8) is 0 Å². The zero-order chi connectivity index (χ0) is 18.1. The molecule has 1 unspecified atom stereocenters. The van der Waals surface area contributed by atoms with E-state index in [1.54, 1.807) is 12.3 Å². The molecule has 0 aliphatic carbocycles. The molecule has 1 atom stereocenters. The van der Waals surface area contributed by atoms with Crippen molar-refractivity contribution in [3.8, 4) is 0 Å². The molecule has 1 heterocycles. The van der Waals surface area contributed by atoms with Crippen molar-refractivity contribution in [2.24, 2.45) is 0 Å². The summed E-state index contributed by atoms with van der Waals surface area (Å²) in [5, 5.41) is 0.800. The number of halogens is 1. The van der Waals surface area contributed by atoms with E-state index in [4.69, 9.17) is 11.6 Å². The zero-order valence-corrected chi connectivity index (χ0v) is 17.4. The molecule has 1 aliphatic rings. The Morgan fingerprint density at radius 1 is 1.04 bits per heavy atom. The molecule has 1 aliphatic heterocycles. The standard InChI is InChI=1S/C18H22ClN.C4H9P/c1-3-20(14-16-9-11-18(19)12-10-16)13-15(2)17-7-5-4-6-8-17;1-5-3-2-4-5/h4-12,15H,3,13-14H2,1-2H3;2-4H2,1H3. The smallest absolute Gasteiger partial charge is 0.0406 e. The second kappa shape index (κ2) is 11.0. The molecule has 2 aromatic rings. The summed E-state index contributed by atoms with van der Waals surface area (Å²) in [7, 11) is 0.582. The van der Waals surface area contributed by atoms with E-state index in [-0.39, 0.29) is 0 Å². The van der Waals surface area contributed by atoms with Gasteiger partial charge in [-0.3, -0.25) is 4.90 Å². The van der Waals surface area contributed by atoms with E-state index in [1.165, 1.54) is 17.5 Å². The average Bonchev–Trinajstić information content (AvgIpc) is 2.62. The van der Waals surface area contributed by atoms with E-state index in [1.807, 2.05) is 12.1 Å². The maximum Gasteiger partial charge on any atom is 0.0406 e. The van der Waals surface area contributed by atoms with Crippen LogP contribution in [0.2, 0.25) is 5.02 Å². The van der Waals surface area contributed by atoms with Crippen LogP contribution in [-0.2, 0) is 6.54 Å². The maximum absolute atomic E-state index is 5.93. The summed E-state index contributed by atoms with van der Waals surface area (Å²) in [6.45, 7) is 9.99. The van der Waals surface area contributed by atoms with Crippen LogP contribution in [0.5, 0.6) is 0 Å². The van der Waals surface area contributed by atoms with Crippen LogP contribution in [0.1, 0.15) is 37.3 Å². The van der Waals surface area contributed by atoms with Crippen LogP contribution in [0.15, 0.2) is 54.6 Å². The predicted octanol–water partition coefficient (Wildman–Crippen LogP) is 6.47. The Hall–Kier alpha value is -0.880. The Morgan fingerprint density at radius 2 is 1.64 bits per heavy atom. The molecule has 0 saturated carbocycles. The number of hydrogen-bond acceptors (Lipinski definition) is 1. The lowest BCUT2D eigenvalue weighted by Crippen LogP contribution is -2.27. The third-order valence-electron chi connectivity index (χ3n) is 4.75. The highest BCUT2D eigenvalue weighted by Crippen LogP contribution is 2.41. The molecule has 0 bridgehead atoms. The summed E-state index contributed by atoms with van der Waals surface area (Å²) < 4.78 is 0. The molecule has 0 amide bonds. The van der Waals surface area contributed by atoms with Crippen LogP contribution in [0, 0.1) is 0 Å². The van der Waals surface area contributed by atoms with Crippen LogP contribution in [-0.4, -0.2) is 37.0 Å². The molecule has 2 aromatic carbocycles. The van der Waals surface area contributed by atoms with Crippen LogP contribution in [0.25, 0.3) is 0 Å². The Balaban J connectivity index is 0.000000386. The van der Waals surface area contributed by atoms with Gasteiger partial charge in [0.15, 0.2) is 0 Å². The zero-order valence-electron chi connectivity index (χ0n) is 15.8. The summed E-state index contributed by atoms with van der Waals surface area (Å²) in [6, 6.07) is 18.9. The number of likely N-dealkylation sites (N-methyl/N-ethyl adjacent to an activating group) is 1. The van der Waals surface area contributed by atoms with Crippen molar-refractivity contribution in [1.29, 1.82) is 0 Å². The van der Waals surface area contributed by atoms with Crippen molar-refractivity contribution in [2.75, 3.05) is 32.1 Å². The van der Waals surface area contributed by atoms with Crippen molar-refractivity contribution >= 4 is 19.5 Å². The van der Waals surface area contributed by atoms with Crippen LogP contribution in [0.4, 0.5) is 0 Å². The molecular weight excluding hydrogens is 345 g/mol. The lowest BCUT2D eigenvalue weighted by atomic mass is 10.0. The van der Waals surface area contributed by atoms with Crippen molar-refractivity contribution in [3.05, 3.63) is 70.7 Å². The SMILES string of the molecule is CCN(Cc1ccc(Cl)cc1)CC(C)c1ccccc1.CP1CCC1. The summed E-state index contributed by atoms with van der Waals surface area (Å²) in [5.41, 5.74) is 2.72. The third-order valence-corrected chi connectivity index (χ3v) is 7.16. The number of benzene rings is 2. The normalized spacial score (nSPS) is 15.2. The second-order valence-corrected chi connectivity index (χ2v) is 9.97. The van der Waals surface area contributed by atoms with Crippen molar-refractivity contribution in [2.45, 2.75) is 32.7 Å². The molecule has 0 N–H and O–H groups in total. The molecular formula is C22H31ClNP. The number of rotatable bonds is 6. The maximum atomic E-state index is 5.93.